The van der Waals surface area contributed by atoms with Gasteiger partial charge in [0.2, 0.25) is 0 Å². The molecule has 74 heavy (non-hydrogen) atoms. The Morgan fingerprint density at radius 1 is 0.581 bits per heavy atom. The topological polar surface area (TPSA) is 202 Å². The van der Waals surface area contributed by atoms with Crippen LogP contribution in [-0.4, -0.2) is 109 Å². The summed E-state index contributed by atoms with van der Waals surface area (Å²) >= 11 is 23.1. The predicted octanol–water partition coefficient (Wildman–Crippen LogP) is 11.7. The molecule has 6 aromatic heterocycles. The number of rotatable bonds is 15. The van der Waals surface area contributed by atoms with Crippen molar-refractivity contribution in [1.29, 1.82) is 0 Å². The van der Waals surface area contributed by atoms with Gasteiger partial charge in [-0.3, -0.25) is 0 Å². The van der Waals surface area contributed by atoms with Crippen LogP contribution in [0.2, 0.25) is 15.1 Å². The number of aliphatic hydroxyl groups excluding tert-OH is 1. The van der Waals surface area contributed by atoms with E-state index in [0.29, 0.717) is 60.3 Å². The van der Waals surface area contributed by atoms with Crippen molar-refractivity contribution < 1.29 is 37.5 Å². The maximum absolute atomic E-state index is 13.3. The maximum Gasteiger partial charge on any atom is 0.373 e. The Morgan fingerprint density at radius 2 is 0.932 bits per heavy atom. The molecule has 6 heterocycles. The molecule has 0 spiro atoms. The third-order valence-corrected chi connectivity index (χ3v) is 19.9. The first-order valence-electron chi connectivity index (χ1n) is 22.1. The molecule has 0 amide bonds. The van der Waals surface area contributed by atoms with Crippen LogP contribution in [-0.2, 0) is 16.0 Å². The Bertz CT molecular complexity index is 3370. The molecule has 0 saturated heterocycles. The van der Waals surface area contributed by atoms with Crippen LogP contribution in [0.3, 0.4) is 0 Å². The second-order valence-corrected chi connectivity index (χ2v) is 23.7. The standard InChI is InChI=1S/C17H14Cl2FN3OSe.C17H15ClFN3O2Se.C15H13ClFN3Se.CO2/c1-9-14-16(23-10-4-5-12(20)11(19)7-10)21-8-22-17(14)25-15(9)13(24)3-2-6-18;1-9-14-16(22-10-4-5-12(19)11(18)7-10)20-8-21-17(14)25-15(9)13(24)3-2-6-23;1-3-12-8(2)13-14(18-7-19-15(13)21-12)20-9-4-5-11(17)10(16)6-9;2-1-3/h4-5,7-8H,2-3,6H2,1H3,(H,21,22,23);4-5,7-8,23H,2-3,6H2,1H3,(H,20,21,22);4-7H,3H2,1-2H3,(H,18,19,20);. The number of aryl methyl sites for hydroxylation is 4. The molecular weight excluding hydrogens is 1240 g/mol. The Kier molecular flexibility index (Phi) is 21.5. The van der Waals surface area contributed by atoms with Gasteiger partial charge in [-0.1, -0.05) is 0 Å². The summed E-state index contributed by atoms with van der Waals surface area (Å²) in [7, 11) is 0. The molecule has 384 valence electrons. The van der Waals surface area contributed by atoms with Crippen LogP contribution in [0.15, 0.2) is 73.6 Å². The van der Waals surface area contributed by atoms with Crippen molar-refractivity contribution in [3.8, 4) is 0 Å². The van der Waals surface area contributed by atoms with Crippen molar-refractivity contribution in [1.82, 2.24) is 29.9 Å². The summed E-state index contributed by atoms with van der Waals surface area (Å²) in [6.07, 6.45) is 7.64. The molecule has 9 aromatic rings. The second-order valence-electron chi connectivity index (χ2n) is 15.6. The van der Waals surface area contributed by atoms with Gasteiger partial charge in [0.05, 0.1) is 0 Å². The maximum atomic E-state index is 13.3. The minimum atomic E-state index is -0.490. The summed E-state index contributed by atoms with van der Waals surface area (Å²) in [6, 6.07) is 13.3. The normalized spacial score (nSPS) is 10.7. The fourth-order valence-corrected chi connectivity index (χ4v) is 14.9. The van der Waals surface area contributed by atoms with Crippen molar-refractivity contribution in [2.24, 2.45) is 0 Å². The van der Waals surface area contributed by atoms with Crippen LogP contribution in [0.5, 0.6) is 0 Å². The molecule has 0 aliphatic carbocycles. The third kappa shape index (κ3) is 14.3. The summed E-state index contributed by atoms with van der Waals surface area (Å²) in [5.41, 5.74) is 4.94. The molecule has 0 bridgehead atoms. The van der Waals surface area contributed by atoms with Crippen molar-refractivity contribution in [3.63, 3.8) is 0 Å². The molecule has 9 rings (SSSR count). The molecular formula is C50H42Cl4F3N9O5Se3. The molecule has 0 unspecified atom stereocenters. The quantitative estimate of drug-likeness (QED) is 0.0429. The van der Waals surface area contributed by atoms with Gasteiger partial charge in [-0.05, 0) is 0 Å². The van der Waals surface area contributed by atoms with E-state index < -0.39 is 17.5 Å². The Morgan fingerprint density at radius 3 is 1.27 bits per heavy atom. The summed E-state index contributed by atoms with van der Waals surface area (Å²) in [5, 5.41) is 21.3. The van der Waals surface area contributed by atoms with Crippen molar-refractivity contribution in [2.75, 3.05) is 28.4 Å². The fraction of sp³-hybridized carbons (Fsp3) is 0.220. The molecule has 4 N–H and O–H groups in total. The van der Waals surface area contributed by atoms with Crippen LogP contribution >= 0.6 is 46.4 Å². The zero-order valence-corrected chi connectivity index (χ0v) is 47.7. The molecule has 24 heteroatoms. The summed E-state index contributed by atoms with van der Waals surface area (Å²) in [4.78, 5) is 66.9. The molecule has 0 radical (unpaired) electrons. The van der Waals surface area contributed by atoms with Crippen molar-refractivity contribution >= 4 is 171 Å². The summed E-state index contributed by atoms with van der Waals surface area (Å²) in [6.45, 7) is 8.06. The van der Waals surface area contributed by atoms with Gasteiger partial charge in [0.1, 0.15) is 0 Å². The number of hydrogen-bond acceptors (Lipinski definition) is 14. The average Bonchev–Trinajstić information content (AvgIpc) is 4.04. The Labute approximate surface area is 459 Å². The van der Waals surface area contributed by atoms with E-state index in [0.717, 1.165) is 61.6 Å². The number of aromatic nitrogens is 6. The van der Waals surface area contributed by atoms with E-state index in [9.17, 15) is 22.8 Å². The third-order valence-electron chi connectivity index (χ3n) is 10.8. The number of fused-ring (bicyclic) bond motifs is 3. The largest absolute Gasteiger partial charge is 0.373 e. The first kappa shape index (κ1) is 58.0. The number of alkyl halides is 1. The van der Waals surface area contributed by atoms with E-state index in [1.165, 1.54) is 53.0 Å². The van der Waals surface area contributed by atoms with E-state index in [2.05, 4.69) is 59.7 Å². The molecule has 0 atom stereocenters. The first-order valence-corrected chi connectivity index (χ1v) is 28.9. The number of benzene rings is 3. The molecule has 14 nitrogen and oxygen atoms in total. The number of carbonyl (C=O) groups excluding carboxylic acids is 4. The van der Waals surface area contributed by atoms with Crippen molar-refractivity contribution in [3.05, 3.63) is 136 Å². The monoisotopic (exact) mass is 1280 g/mol. The van der Waals surface area contributed by atoms with Crippen LogP contribution < -0.4 is 16.0 Å². The fourth-order valence-electron chi connectivity index (χ4n) is 7.24. The summed E-state index contributed by atoms with van der Waals surface area (Å²) in [5.74, 6) is 1.14. The number of Topliss-reactive ketones (excluding diaryl/α,β-unsaturated/α-hetero) is 2. The van der Waals surface area contributed by atoms with E-state index >= 15 is 0 Å². The van der Waals surface area contributed by atoms with E-state index in [4.69, 9.17) is 61.1 Å². The second kappa shape index (κ2) is 27.5. The summed E-state index contributed by atoms with van der Waals surface area (Å²) < 4.78 is 45.7. The van der Waals surface area contributed by atoms with Gasteiger partial charge < -0.3 is 0 Å². The van der Waals surface area contributed by atoms with Gasteiger partial charge >= 0.3 is 454 Å². The SMILES string of the molecule is CCc1[se]c2ncnc(Nc3ccc(F)c(Cl)c3)c2c1C.Cc1c(C(=O)CCCCl)[se]c2ncnc(Nc3ccc(F)c(Cl)c3)c12.Cc1c(C(=O)CCCO)[se]c2ncnc(Nc3ccc(F)c(Cl)c3)c12.O=C=O. The van der Waals surface area contributed by atoms with Crippen LogP contribution in [0, 0.1) is 38.2 Å². The molecule has 0 fully saturated rings. The van der Waals surface area contributed by atoms with Crippen LogP contribution in [0.25, 0.3) is 29.3 Å². The van der Waals surface area contributed by atoms with E-state index in [-0.39, 0.29) is 82.9 Å². The van der Waals surface area contributed by atoms with Crippen LogP contribution in [0.4, 0.5) is 47.7 Å². The Hall–Kier alpha value is -5.29. The zero-order valence-electron chi connectivity index (χ0n) is 39.5. The minimum absolute atomic E-state index is 0.00401. The first-order chi connectivity index (χ1) is 35.5. The zero-order chi connectivity index (χ0) is 53.6. The van der Waals surface area contributed by atoms with Gasteiger partial charge in [-0.15, -0.1) is 0 Å². The van der Waals surface area contributed by atoms with Gasteiger partial charge in [0, 0.05) is 0 Å². The molecule has 0 aliphatic rings. The minimum Gasteiger partial charge on any atom is -0.186 e. The van der Waals surface area contributed by atoms with Crippen molar-refractivity contribution in [2.45, 2.75) is 59.8 Å². The smallest absolute Gasteiger partial charge is 0.186 e. The number of anilines is 6. The van der Waals surface area contributed by atoms with E-state index in [1.54, 1.807) is 30.6 Å². The van der Waals surface area contributed by atoms with Crippen LogP contribution in [0.1, 0.15) is 72.2 Å². The van der Waals surface area contributed by atoms with Gasteiger partial charge in [-0.25, -0.2) is 0 Å². The Balaban J connectivity index is 0.000000177. The number of carbonyl (C=O) groups is 2. The van der Waals surface area contributed by atoms with E-state index in [1.807, 2.05) is 13.8 Å². The molecule has 3 aromatic carbocycles. The number of nitrogens with zero attached hydrogens (tertiary/aromatic N) is 6. The number of hydrogen-bond donors (Lipinski definition) is 4. The average molecular weight is 1280 g/mol. The molecule has 0 aliphatic heterocycles. The number of ketones is 2. The number of nitrogens with one attached hydrogen (secondary N) is 3. The molecule has 0 saturated carbocycles. The van der Waals surface area contributed by atoms with Gasteiger partial charge in [0.15, 0.2) is 0 Å². The number of halogens is 7. The van der Waals surface area contributed by atoms with Gasteiger partial charge in [-0.2, -0.15) is 9.59 Å². The number of aliphatic hydroxyl groups is 1. The predicted molar refractivity (Wildman–Crippen MR) is 287 cm³/mol. The van der Waals surface area contributed by atoms with Gasteiger partial charge in [0.25, 0.3) is 0 Å².